The number of hydrogen-bond donors (Lipinski definition) is 0. The van der Waals surface area contributed by atoms with E-state index >= 15 is 0 Å². The highest BCUT2D eigenvalue weighted by molar-refractivity contribution is 6.18. The van der Waals surface area contributed by atoms with Crippen LogP contribution in [0.1, 0.15) is 12.0 Å². The molecule has 0 N–H and O–H groups in total. The van der Waals surface area contributed by atoms with Crippen LogP contribution in [0.4, 0.5) is 0 Å². The molecule has 1 atom stereocenters. The Morgan fingerprint density at radius 3 is 2.37 bits per heavy atom. The molecule has 1 aromatic rings. The average Bonchev–Trinajstić information content (AvgIpc) is 2.79. The molecule has 1 unspecified atom stereocenters. The molecule has 4 nitrogen and oxygen atoms in total. The molecule has 2 rings (SSSR count). The fraction of sp³-hybridized carbons (Fsp3) is 0.500. The smallest absolute Gasteiger partial charge is 0.223 e. The van der Waals surface area contributed by atoms with E-state index in [-0.39, 0.29) is 11.8 Å². The molecule has 1 heterocycles. The SMILES string of the molecule is COc1cc(CN2CC(CCl)CC2=O)cc(OC)c1. The summed E-state index contributed by atoms with van der Waals surface area (Å²) in [4.78, 5) is 13.7. The molecule has 0 radical (unpaired) electrons. The Morgan fingerprint density at radius 2 is 1.89 bits per heavy atom. The molecule has 1 aliphatic heterocycles. The topological polar surface area (TPSA) is 38.8 Å². The quantitative estimate of drug-likeness (QED) is 0.778. The number of likely N-dealkylation sites (tertiary alicyclic amines) is 1. The third-order valence-electron chi connectivity index (χ3n) is 3.30. The molecule has 0 spiro atoms. The second-order valence-corrected chi connectivity index (χ2v) is 5.03. The van der Waals surface area contributed by atoms with Gasteiger partial charge in [0.1, 0.15) is 11.5 Å². The van der Waals surface area contributed by atoms with E-state index in [4.69, 9.17) is 21.1 Å². The Kier molecular flexibility index (Phi) is 4.53. The lowest BCUT2D eigenvalue weighted by Gasteiger charge is -2.17. The largest absolute Gasteiger partial charge is 0.497 e. The maximum atomic E-state index is 11.9. The van der Waals surface area contributed by atoms with Gasteiger partial charge in [0, 0.05) is 31.5 Å². The van der Waals surface area contributed by atoms with Gasteiger partial charge in [-0.3, -0.25) is 4.79 Å². The number of rotatable bonds is 5. The van der Waals surface area contributed by atoms with E-state index in [1.165, 1.54) is 0 Å². The molecule has 19 heavy (non-hydrogen) atoms. The summed E-state index contributed by atoms with van der Waals surface area (Å²) >= 11 is 5.82. The van der Waals surface area contributed by atoms with Crippen LogP contribution in [0.25, 0.3) is 0 Å². The van der Waals surface area contributed by atoms with E-state index in [9.17, 15) is 4.79 Å². The van der Waals surface area contributed by atoms with Crippen molar-refractivity contribution in [3.05, 3.63) is 23.8 Å². The first kappa shape index (κ1) is 14.0. The van der Waals surface area contributed by atoms with Crippen LogP contribution in [-0.2, 0) is 11.3 Å². The van der Waals surface area contributed by atoms with Crippen LogP contribution in [0.3, 0.4) is 0 Å². The van der Waals surface area contributed by atoms with Gasteiger partial charge in [0.2, 0.25) is 5.91 Å². The van der Waals surface area contributed by atoms with Gasteiger partial charge in [0.15, 0.2) is 0 Å². The van der Waals surface area contributed by atoms with Crippen LogP contribution in [0, 0.1) is 5.92 Å². The van der Waals surface area contributed by atoms with Crippen molar-refractivity contribution < 1.29 is 14.3 Å². The first-order valence-corrected chi connectivity index (χ1v) is 6.75. The van der Waals surface area contributed by atoms with Gasteiger partial charge in [0.05, 0.1) is 14.2 Å². The predicted octanol–water partition coefficient (Wildman–Crippen LogP) is 2.29. The van der Waals surface area contributed by atoms with Gasteiger partial charge in [-0.2, -0.15) is 0 Å². The molecule has 1 aliphatic rings. The summed E-state index contributed by atoms with van der Waals surface area (Å²) in [6.45, 7) is 1.29. The number of ether oxygens (including phenoxy) is 2. The normalized spacial score (nSPS) is 18.8. The van der Waals surface area contributed by atoms with Crippen LogP contribution in [0.2, 0.25) is 0 Å². The van der Waals surface area contributed by atoms with Crippen LogP contribution in [-0.4, -0.2) is 37.5 Å². The summed E-state index contributed by atoms with van der Waals surface area (Å²) in [5.74, 6) is 2.42. The van der Waals surface area contributed by atoms with Crippen molar-refractivity contribution in [2.75, 3.05) is 26.6 Å². The molecule has 0 aromatic heterocycles. The van der Waals surface area contributed by atoms with Crippen LogP contribution in [0.15, 0.2) is 18.2 Å². The number of benzene rings is 1. The second kappa shape index (κ2) is 6.15. The van der Waals surface area contributed by atoms with Gasteiger partial charge in [-0.15, -0.1) is 11.6 Å². The molecule has 0 aliphatic carbocycles. The molecule has 104 valence electrons. The zero-order valence-corrected chi connectivity index (χ0v) is 11.9. The van der Waals surface area contributed by atoms with E-state index in [0.29, 0.717) is 18.8 Å². The van der Waals surface area contributed by atoms with Crippen molar-refractivity contribution in [3.8, 4) is 11.5 Å². The van der Waals surface area contributed by atoms with Crippen molar-refractivity contribution in [3.63, 3.8) is 0 Å². The van der Waals surface area contributed by atoms with Gasteiger partial charge in [0.25, 0.3) is 0 Å². The minimum atomic E-state index is 0.160. The first-order chi connectivity index (χ1) is 9.16. The minimum Gasteiger partial charge on any atom is -0.497 e. The molecular formula is C14H18ClNO3. The zero-order chi connectivity index (χ0) is 13.8. The Bertz CT molecular complexity index is 442. The highest BCUT2D eigenvalue weighted by atomic mass is 35.5. The summed E-state index contributed by atoms with van der Waals surface area (Å²) in [7, 11) is 3.23. The summed E-state index contributed by atoms with van der Waals surface area (Å²) in [5.41, 5.74) is 1.000. The number of carbonyl (C=O) groups is 1. The molecule has 1 aromatic carbocycles. The molecule has 1 amide bonds. The third kappa shape index (κ3) is 3.32. The van der Waals surface area contributed by atoms with Gasteiger partial charge in [-0.05, 0) is 23.6 Å². The Hall–Kier alpha value is -1.42. The number of amides is 1. The van der Waals surface area contributed by atoms with E-state index in [0.717, 1.165) is 23.6 Å². The number of methoxy groups -OCH3 is 2. The molecule has 5 heteroatoms. The summed E-state index contributed by atoms with van der Waals surface area (Å²) in [6.07, 6.45) is 0.546. The molecule has 1 fully saturated rings. The van der Waals surface area contributed by atoms with Crippen molar-refractivity contribution >= 4 is 17.5 Å². The number of hydrogen-bond acceptors (Lipinski definition) is 3. The third-order valence-corrected chi connectivity index (χ3v) is 3.73. The number of nitrogens with zero attached hydrogens (tertiary/aromatic N) is 1. The van der Waals surface area contributed by atoms with Crippen LogP contribution >= 0.6 is 11.6 Å². The summed E-state index contributed by atoms with van der Waals surface area (Å²) in [5, 5.41) is 0. The average molecular weight is 284 g/mol. The van der Waals surface area contributed by atoms with Gasteiger partial charge < -0.3 is 14.4 Å². The number of halogens is 1. The number of carbonyl (C=O) groups excluding carboxylic acids is 1. The lowest BCUT2D eigenvalue weighted by atomic mass is 10.1. The monoisotopic (exact) mass is 283 g/mol. The highest BCUT2D eigenvalue weighted by Crippen LogP contribution is 2.26. The molecule has 0 saturated carbocycles. The lowest BCUT2D eigenvalue weighted by molar-refractivity contribution is -0.128. The van der Waals surface area contributed by atoms with E-state index < -0.39 is 0 Å². The summed E-state index contributed by atoms with van der Waals surface area (Å²) in [6, 6.07) is 5.66. The van der Waals surface area contributed by atoms with Crippen LogP contribution in [0.5, 0.6) is 11.5 Å². The fourth-order valence-corrected chi connectivity index (χ4v) is 2.49. The Balaban J connectivity index is 2.12. The Labute approximate surface area is 118 Å². The predicted molar refractivity (Wildman–Crippen MR) is 73.8 cm³/mol. The van der Waals surface area contributed by atoms with Crippen molar-refractivity contribution in [2.24, 2.45) is 5.92 Å². The van der Waals surface area contributed by atoms with E-state index in [1.807, 2.05) is 23.1 Å². The van der Waals surface area contributed by atoms with Crippen molar-refractivity contribution in [1.29, 1.82) is 0 Å². The maximum Gasteiger partial charge on any atom is 0.223 e. The van der Waals surface area contributed by atoms with Gasteiger partial charge in [-0.25, -0.2) is 0 Å². The molecule has 0 bridgehead atoms. The zero-order valence-electron chi connectivity index (χ0n) is 11.2. The van der Waals surface area contributed by atoms with Gasteiger partial charge in [-0.1, -0.05) is 0 Å². The number of alkyl halides is 1. The minimum absolute atomic E-state index is 0.160. The highest BCUT2D eigenvalue weighted by Gasteiger charge is 2.28. The second-order valence-electron chi connectivity index (χ2n) is 4.72. The first-order valence-electron chi connectivity index (χ1n) is 6.22. The fourth-order valence-electron chi connectivity index (χ4n) is 2.29. The van der Waals surface area contributed by atoms with E-state index in [1.54, 1.807) is 14.2 Å². The van der Waals surface area contributed by atoms with Crippen molar-refractivity contribution in [2.45, 2.75) is 13.0 Å². The van der Waals surface area contributed by atoms with Crippen LogP contribution < -0.4 is 9.47 Å². The summed E-state index contributed by atoms with van der Waals surface area (Å²) < 4.78 is 10.5. The lowest BCUT2D eigenvalue weighted by Crippen LogP contribution is -2.24. The Morgan fingerprint density at radius 1 is 1.26 bits per heavy atom. The molecule has 1 saturated heterocycles. The van der Waals surface area contributed by atoms with E-state index in [2.05, 4.69) is 0 Å². The maximum absolute atomic E-state index is 11.9. The molecular weight excluding hydrogens is 266 g/mol. The van der Waals surface area contributed by atoms with Gasteiger partial charge >= 0.3 is 0 Å². The standard InChI is InChI=1S/C14H18ClNO3/c1-18-12-3-10(4-13(6-12)19-2)8-16-9-11(7-15)5-14(16)17/h3-4,6,11H,5,7-9H2,1-2H3. The van der Waals surface area contributed by atoms with Crippen molar-refractivity contribution in [1.82, 2.24) is 4.90 Å².